The Morgan fingerprint density at radius 1 is 0.719 bits per heavy atom. The Bertz CT molecular complexity index is 2810. The van der Waals surface area contributed by atoms with Crippen molar-refractivity contribution in [2.24, 2.45) is 11.5 Å². The van der Waals surface area contributed by atoms with Gasteiger partial charge in [0.1, 0.15) is 10.0 Å². The molecule has 4 aromatic carbocycles. The zero-order valence-corrected chi connectivity index (χ0v) is 34.2. The summed E-state index contributed by atoms with van der Waals surface area (Å²) in [6, 6.07) is 30.3. The van der Waals surface area contributed by atoms with Crippen molar-refractivity contribution in [2.45, 2.75) is 25.0 Å². The van der Waals surface area contributed by atoms with Crippen LogP contribution in [-0.2, 0) is 11.2 Å². The molecule has 12 nitrogen and oxygen atoms in total. The van der Waals surface area contributed by atoms with Gasteiger partial charge in [-0.25, -0.2) is 19.3 Å². The molecule has 15 heteroatoms. The molecular weight excluding hydrogens is 872 g/mol. The van der Waals surface area contributed by atoms with E-state index >= 15 is 0 Å². The molecule has 0 spiro atoms. The lowest BCUT2D eigenvalue weighted by molar-refractivity contribution is 0.0988. The van der Waals surface area contributed by atoms with Crippen molar-refractivity contribution in [2.75, 3.05) is 0 Å². The summed E-state index contributed by atoms with van der Waals surface area (Å²) in [4.78, 5) is 31.2. The van der Waals surface area contributed by atoms with Crippen molar-refractivity contribution in [1.82, 2.24) is 29.5 Å². The van der Waals surface area contributed by atoms with Crippen LogP contribution in [0.4, 0.5) is 0 Å². The molecule has 0 aliphatic heterocycles. The SMILES string of the molecule is C#C[C@@](C)(O)c1nccs1.C[C@@](O)(C#Cc1cccc(-n2nc(C(N)=O)c3ccccc32)c1)c1nccs1.NC(=O)c1nn(-c2cccc(I)c2)c2ccccc12. The molecule has 0 aliphatic rings. The number of hydrogen-bond donors (Lipinski definition) is 4. The summed E-state index contributed by atoms with van der Waals surface area (Å²) in [6.45, 7) is 3.16. The van der Waals surface area contributed by atoms with Crippen molar-refractivity contribution in [3.63, 3.8) is 0 Å². The zero-order valence-electron chi connectivity index (χ0n) is 30.4. The lowest BCUT2D eigenvalue weighted by atomic mass is 10.1. The molecule has 0 unspecified atom stereocenters. The van der Waals surface area contributed by atoms with Crippen LogP contribution in [0.5, 0.6) is 0 Å². The highest BCUT2D eigenvalue weighted by Gasteiger charge is 2.23. The number of nitrogens with two attached hydrogens (primary N) is 2. The normalized spacial score (nSPS) is 12.7. The molecule has 0 fully saturated rings. The Hall–Kier alpha value is -6.21. The van der Waals surface area contributed by atoms with Gasteiger partial charge >= 0.3 is 0 Å². The number of aromatic nitrogens is 6. The molecule has 2 atom stereocenters. The lowest BCUT2D eigenvalue weighted by Crippen LogP contribution is -2.17. The van der Waals surface area contributed by atoms with Gasteiger partial charge in [-0.2, -0.15) is 10.2 Å². The van der Waals surface area contributed by atoms with Crippen LogP contribution in [0.1, 0.15) is 50.4 Å². The molecule has 0 bridgehead atoms. The zero-order chi connectivity index (χ0) is 40.7. The Balaban J connectivity index is 0.000000162. The summed E-state index contributed by atoms with van der Waals surface area (Å²) in [7, 11) is 0. The number of hydrogen-bond acceptors (Lipinski definition) is 10. The standard InChI is InChI=1S/C21H16N4O2S.C14H10IN3O.C7H7NOS/c1-21(27,20-23-11-12-28-20)10-9-14-5-4-6-15(13-14)25-17-8-3-2-7-16(17)18(24-25)19(22)26;15-9-4-3-5-10(8-9)18-12-7-2-1-6-11(12)13(17-18)14(16)19;1-3-7(2,9)6-8-4-5-10-6/h2-8,11-13,27H,1H3,(H2,22,26);1-8H,(H2,16,19);1,4-5,9H,2H3/t21-;;7-/m1.1/s1. The quantitative estimate of drug-likeness (QED) is 0.107. The number of para-hydroxylation sites is 2. The molecule has 0 aliphatic carbocycles. The molecule has 284 valence electrons. The van der Waals surface area contributed by atoms with E-state index in [2.05, 4.69) is 60.5 Å². The predicted octanol–water partition coefficient (Wildman–Crippen LogP) is 6.55. The van der Waals surface area contributed by atoms with Crippen molar-refractivity contribution >= 4 is 78.9 Å². The number of rotatable bonds is 6. The van der Waals surface area contributed by atoms with E-state index < -0.39 is 23.0 Å². The fourth-order valence-electron chi connectivity index (χ4n) is 5.45. The van der Waals surface area contributed by atoms with E-state index in [0.717, 1.165) is 31.4 Å². The van der Waals surface area contributed by atoms with Crippen LogP contribution in [0.15, 0.2) is 120 Å². The number of amides is 2. The second-order valence-electron chi connectivity index (χ2n) is 12.5. The summed E-state index contributed by atoms with van der Waals surface area (Å²) < 4.78 is 4.52. The van der Waals surface area contributed by atoms with Gasteiger partial charge in [-0.3, -0.25) is 9.59 Å². The van der Waals surface area contributed by atoms with E-state index in [9.17, 15) is 19.8 Å². The van der Waals surface area contributed by atoms with Crippen LogP contribution in [0.3, 0.4) is 0 Å². The van der Waals surface area contributed by atoms with Crippen LogP contribution in [0.25, 0.3) is 33.2 Å². The molecular formula is C42H33IN8O4S2. The predicted molar refractivity (Wildman–Crippen MR) is 231 cm³/mol. The van der Waals surface area contributed by atoms with Crippen LogP contribution >= 0.6 is 45.3 Å². The van der Waals surface area contributed by atoms with Gasteiger partial charge in [-0.15, -0.1) is 29.1 Å². The van der Waals surface area contributed by atoms with Gasteiger partial charge in [0.2, 0.25) is 0 Å². The Morgan fingerprint density at radius 2 is 1.21 bits per heavy atom. The smallest absolute Gasteiger partial charge is 0.269 e. The van der Waals surface area contributed by atoms with Gasteiger partial charge in [0.05, 0.1) is 22.4 Å². The van der Waals surface area contributed by atoms with Gasteiger partial charge in [0, 0.05) is 43.1 Å². The summed E-state index contributed by atoms with van der Waals surface area (Å²) in [5.41, 5.74) is 12.9. The number of fused-ring (bicyclic) bond motifs is 2. The molecule has 2 amide bonds. The highest BCUT2D eigenvalue weighted by Crippen LogP contribution is 2.25. The summed E-state index contributed by atoms with van der Waals surface area (Å²) in [5, 5.41) is 34.8. The van der Waals surface area contributed by atoms with E-state index in [1.165, 1.54) is 22.7 Å². The monoisotopic (exact) mass is 904 g/mol. The maximum atomic E-state index is 11.7. The third-order valence-corrected chi connectivity index (χ3v) is 10.9. The number of halogens is 1. The Labute approximate surface area is 349 Å². The second-order valence-corrected chi connectivity index (χ2v) is 15.6. The molecule has 6 N–H and O–H groups in total. The van der Waals surface area contributed by atoms with Crippen LogP contribution in [0.2, 0.25) is 0 Å². The molecule has 8 rings (SSSR count). The molecule has 0 saturated heterocycles. The maximum Gasteiger partial charge on any atom is 0.269 e. The average molecular weight is 905 g/mol. The van der Waals surface area contributed by atoms with E-state index in [1.54, 1.807) is 46.4 Å². The largest absolute Gasteiger partial charge is 0.371 e. The summed E-state index contributed by atoms with van der Waals surface area (Å²) in [5.74, 6) is 7.02. The first-order valence-electron chi connectivity index (χ1n) is 17.0. The minimum atomic E-state index is -1.33. The molecule has 0 radical (unpaired) electrons. The molecule has 4 aromatic heterocycles. The summed E-state index contributed by atoms with van der Waals surface area (Å²) >= 11 is 4.94. The second kappa shape index (κ2) is 17.3. The lowest BCUT2D eigenvalue weighted by Gasteiger charge is -2.12. The maximum absolute atomic E-state index is 11.7. The van der Waals surface area contributed by atoms with Crippen molar-refractivity contribution in [3.8, 4) is 35.6 Å². The van der Waals surface area contributed by atoms with Gasteiger partial charge in [0.25, 0.3) is 11.8 Å². The first-order chi connectivity index (χ1) is 27.3. The minimum absolute atomic E-state index is 0.221. The first-order valence-corrected chi connectivity index (χ1v) is 19.8. The van der Waals surface area contributed by atoms with Crippen molar-refractivity contribution in [1.29, 1.82) is 0 Å². The molecule has 0 saturated carbocycles. The number of benzene rings is 4. The highest BCUT2D eigenvalue weighted by atomic mass is 127. The van der Waals surface area contributed by atoms with Gasteiger partial charge in [-0.1, -0.05) is 66.3 Å². The topological polar surface area (TPSA) is 188 Å². The van der Waals surface area contributed by atoms with Crippen molar-refractivity contribution in [3.05, 3.63) is 151 Å². The van der Waals surface area contributed by atoms with Crippen LogP contribution in [0, 0.1) is 27.8 Å². The van der Waals surface area contributed by atoms with Gasteiger partial charge in [-0.05, 0) is 85.0 Å². The van der Waals surface area contributed by atoms with Gasteiger partial charge in [0.15, 0.2) is 22.6 Å². The van der Waals surface area contributed by atoms with Crippen molar-refractivity contribution < 1.29 is 19.8 Å². The van der Waals surface area contributed by atoms with E-state index in [1.807, 2.05) is 97.1 Å². The third-order valence-electron chi connectivity index (χ3n) is 8.21. The molecule has 8 aromatic rings. The number of primary amides is 2. The Morgan fingerprint density at radius 3 is 1.68 bits per heavy atom. The highest BCUT2D eigenvalue weighted by molar-refractivity contribution is 14.1. The van der Waals surface area contributed by atoms with Gasteiger partial charge < -0.3 is 21.7 Å². The fourth-order valence-corrected chi connectivity index (χ4v) is 7.29. The number of carbonyl (C=O) groups excluding carboxylic acids is 2. The average Bonchev–Trinajstić information content (AvgIpc) is 4.04. The molecule has 4 heterocycles. The molecule has 57 heavy (non-hydrogen) atoms. The van der Waals surface area contributed by atoms with Crippen LogP contribution in [-0.4, -0.2) is 51.6 Å². The van der Waals surface area contributed by atoms with E-state index in [4.69, 9.17) is 17.9 Å². The fraction of sp³-hybridized carbons (Fsp3) is 0.0952. The first kappa shape index (κ1) is 40.5. The van der Waals surface area contributed by atoms with Crippen LogP contribution < -0.4 is 11.5 Å². The number of terminal acetylenes is 1. The number of aliphatic hydroxyl groups is 2. The number of carbonyl (C=O) groups is 2. The Kier molecular flexibility index (Phi) is 12.3. The minimum Gasteiger partial charge on any atom is -0.371 e. The summed E-state index contributed by atoms with van der Waals surface area (Å²) in [6.07, 6.45) is 8.32. The third kappa shape index (κ3) is 9.26. The number of thiazole rings is 2. The van der Waals surface area contributed by atoms with E-state index in [0.29, 0.717) is 26.7 Å². The number of nitrogens with zero attached hydrogens (tertiary/aromatic N) is 6. The van der Waals surface area contributed by atoms with E-state index in [-0.39, 0.29) is 5.69 Å².